The molecule has 0 radical (unpaired) electrons. The normalized spacial score (nSPS) is 13.4. The van der Waals surface area contributed by atoms with E-state index in [1.54, 1.807) is 36.4 Å². The third-order valence-corrected chi connectivity index (χ3v) is 3.74. The van der Waals surface area contributed by atoms with E-state index in [4.69, 9.17) is 4.74 Å². The van der Waals surface area contributed by atoms with Crippen LogP contribution in [-0.4, -0.2) is 35.8 Å². The third-order valence-electron chi connectivity index (χ3n) is 3.74. The Morgan fingerprint density at radius 2 is 1.60 bits per heavy atom. The highest BCUT2D eigenvalue weighted by Crippen LogP contribution is 2.21. The van der Waals surface area contributed by atoms with Gasteiger partial charge in [0.1, 0.15) is 12.4 Å². The van der Waals surface area contributed by atoms with Gasteiger partial charge in [0.25, 0.3) is 11.8 Å². The van der Waals surface area contributed by atoms with E-state index in [0.29, 0.717) is 11.1 Å². The molecule has 3 rings (SSSR count). The first-order valence-electron chi connectivity index (χ1n) is 7.62. The van der Waals surface area contributed by atoms with Crippen molar-refractivity contribution in [3.8, 4) is 0 Å². The van der Waals surface area contributed by atoms with E-state index in [9.17, 15) is 18.8 Å². The highest BCUT2D eigenvalue weighted by atomic mass is 19.1. The molecule has 2 aromatic rings. The second-order valence-corrected chi connectivity index (χ2v) is 5.33. The van der Waals surface area contributed by atoms with Crippen LogP contribution in [0.15, 0.2) is 54.6 Å². The summed E-state index contributed by atoms with van der Waals surface area (Å²) in [4.78, 5) is 37.0. The second-order valence-electron chi connectivity index (χ2n) is 5.33. The number of hydrogen-bond donors (Lipinski definition) is 0. The van der Waals surface area contributed by atoms with Crippen molar-refractivity contribution in [3.63, 3.8) is 0 Å². The highest BCUT2D eigenvalue weighted by Gasteiger charge is 2.34. The Hall–Kier alpha value is -3.28. The molecule has 0 aliphatic carbocycles. The van der Waals surface area contributed by atoms with Crippen LogP contribution in [0.3, 0.4) is 0 Å². The van der Waals surface area contributed by atoms with E-state index in [2.05, 4.69) is 0 Å². The van der Waals surface area contributed by atoms with Crippen molar-refractivity contribution in [2.75, 3.05) is 13.2 Å². The molecule has 0 aromatic heterocycles. The predicted octanol–water partition coefficient (Wildman–Crippen LogP) is 2.68. The first kappa shape index (κ1) is 16.6. The Morgan fingerprint density at radius 1 is 1.00 bits per heavy atom. The number of ether oxygens (including phenoxy) is 1. The Kier molecular flexibility index (Phi) is 4.70. The molecule has 6 heteroatoms. The molecular formula is C19H14FNO4. The van der Waals surface area contributed by atoms with Crippen LogP contribution in [0.2, 0.25) is 0 Å². The summed E-state index contributed by atoms with van der Waals surface area (Å²) in [5, 5.41) is 0. The Bertz CT molecular complexity index is 840. The predicted molar refractivity (Wildman–Crippen MR) is 88.2 cm³/mol. The lowest BCUT2D eigenvalue weighted by molar-refractivity contribution is -0.137. The van der Waals surface area contributed by atoms with Gasteiger partial charge in [0.2, 0.25) is 0 Å². The Labute approximate surface area is 143 Å². The number of carbonyl (C=O) groups excluding carboxylic acids is 3. The van der Waals surface area contributed by atoms with Gasteiger partial charge in [-0.15, -0.1) is 0 Å². The minimum Gasteiger partial charge on any atom is -0.461 e. The summed E-state index contributed by atoms with van der Waals surface area (Å²) in [6, 6.07) is 12.5. The fraction of sp³-hybridized carbons (Fsp3) is 0.105. The van der Waals surface area contributed by atoms with E-state index >= 15 is 0 Å². The zero-order valence-corrected chi connectivity index (χ0v) is 13.1. The first-order valence-corrected chi connectivity index (χ1v) is 7.62. The van der Waals surface area contributed by atoms with Crippen molar-refractivity contribution in [2.24, 2.45) is 0 Å². The van der Waals surface area contributed by atoms with Crippen molar-refractivity contribution < 1.29 is 23.5 Å². The summed E-state index contributed by atoms with van der Waals surface area (Å²) in [5.74, 6) is -1.94. The van der Waals surface area contributed by atoms with Crippen molar-refractivity contribution in [1.29, 1.82) is 0 Å². The quantitative estimate of drug-likeness (QED) is 0.477. The van der Waals surface area contributed by atoms with E-state index in [-0.39, 0.29) is 18.7 Å². The molecule has 25 heavy (non-hydrogen) atoms. The zero-order valence-electron chi connectivity index (χ0n) is 13.1. The van der Waals surface area contributed by atoms with Crippen LogP contribution in [0.1, 0.15) is 26.3 Å². The number of fused-ring (bicyclic) bond motifs is 1. The number of esters is 1. The zero-order chi connectivity index (χ0) is 17.8. The fourth-order valence-electron chi connectivity index (χ4n) is 2.50. The molecule has 0 fully saturated rings. The molecule has 1 aliphatic rings. The van der Waals surface area contributed by atoms with E-state index in [1.165, 1.54) is 18.2 Å². The van der Waals surface area contributed by atoms with Crippen molar-refractivity contribution >= 4 is 23.9 Å². The van der Waals surface area contributed by atoms with Gasteiger partial charge in [-0.2, -0.15) is 0 Å². The number of rotatable bonds is 5. The highest BCUT2D eigenvalue weighted by molar-refractivity contribution is 6.21. The maximum atomic E-state index is 13.4. The monoisotopic (exact) mass is 339 g/mol. The van der Waals surface area contributed by atoms with Gasteiger partial charge in [-0.3, -0.25) is 14.5 Å². The first-order chi connectivity index (χ1) is 12.1. The molecule has 0 unspecified atom stereocenters. The summed E-state index contributed by atoms with van der Waals surface area (Å²) in [7, 11) is 0. The number of imide groups is 1. The standard InChI is InChI=1S/C19H14FNO4/c20-16-8-4-1-5-13(16)9-10-17(22)25-12-11-21-18(23)14-6-2-3-7-15(14)19(21)24/h1-10H,11-12H2/b10-9+. The third kappa shape index (κ3) is 3.47. The van der Waals surface area contributed by atoms with Crippen molar-refractivity contribution in [2.45, 2.75) is 0 Å². The molecule has 0 spiro atoms. The molecule has 0 saturated heterocycles. The van der Waals surface area contributed by atoms with Gasteiger partial charge >= 0.3 is 5.97 Å². The lowest BCUT2D eigenvalue weighted by Crippen LogP contribution is -2.33. The van der Waals surface area contributed by atoms with Crippen LogP contribution in [-0.2, 0) is 9.53 Å². The van der Waals surface area contributed by atoms with Crippen molar-refractivity contribution in [1.82, 2.24) is 4.90 Å². The van der Waals surface area contributed by atoms with Gasteiger partial charge < -0.3 is 4.74 Å². The average molecular weight is 339 g/mol. The van der Waals surface area contributed by atoms with E-state index in [0.717, 1.165) is 11.0 Å². The maximum absolute atomic E-state index is 13.4. The van der Waals surface area contributed by atoms with E-state index < -0.39 is 23.6 Å². The van der Waals surface area contributed by atoms with Crippen LogP contribution >= 0.6 is 0 Å². The van der Waals surface area contributed by atoms with Gasteiger partial charge in [0.05, 0.1) is 17.7 Å². The lowest BCUT2D eigenvalue weighted by Gasteiger charge is -2.13. The Balaban J connectivity index is 1.54. The van der Waals surface area contributed by atoms with Crippen LogP contribution in [0.4, 0.5) is 4.39 Å². The van der Waals surface area contributed by atoms with Gasteiger partial charge in [0.15, 0.2) is 0 Å². The lowest BCUT2D eigenvalue weighted by atomic mass is 10.1. The minimum atomic E-state index is -0.681. The number of carbonyl (C=O) groups is 3. The number of amides is 2. The minimum absolute atomic E-state index is 0.0361. The smallest absolute Gasteiger partial charge is 0.330 e. The molecule has 1 heterocycles. The van der Waals surface area contributed by atoms with Gasteiger partial charge in [0, 0.05) is 11.6 Å². The summed E-state index contributed by atoms with van der Waals surface area (Å²) in [6.45, 7) is -0.169. The molecule has 1 aliphatic heterocycles. The van der Waals surface area contributed by atoms with Crippen LogP contribution in [0, 0.1) is 5.82 Å². The molecule has 2 amide bonds. The summed E-state index contributed by atoms with van der Waals surface area (Å²) in [6.07, 6.45) is 2.40. The number of halogens is 1. The van der Waals surface area contributed by atoms with E-state index in [1.807, 2.05) is 0 Å². The largest absolute Gasteiger partial charge is 0.461 e. The number of hydrogen-bond acceptors (Lipinski definition) is 4. The molecular weight excluding hydrogens is 325 g/mol. The SMILES string of the molecule is O=C(/C=C/c1ccccc1F)OCCN1C(=O)c2ccccc2C1=O. The fourth-order valence-corrected chi connectivity index (χ4v) is 2.50. The second kappa shape index (κ2) is 7.09. The number of nitrogens with zero attached hydrogens (tertiary/aromatic N) is 1. The van der Waals surface area contributed by atoms with Crippen molar-refractivity contribution in [3.05, 3.63) is 77.1 Å². The van der Waals surface area contributed by atoms with Gasteiger partial charge in [-0.25, -0.2) is 9.18 Å². The molecule has 2 aromatic carbocycles. The number of benzene rings is 2. The van der Waals surface area contributed by atoms with Crippen LogP contribution in [0.5, 0.6) is 0 Å². The summed E-state index contributed by atoms with van der Waals surface area (Å²) >= 11 is 0. The molecule has 0 saturated carbocycles. The molecule has 0 bridgehead atoms. The summed E-state index contributed by atoms with van der Waals surface area (Å²) < 4.78 is 18.4. The van der Waals surface area contributed by atoms with Crippen LogP contribution in [0.25, 0.3) is 6.08 Å². The molecule has 0 atom stereocenters. The van der Waals surface area contributed by atoms with Gasteiger partial charge in [-0.05, 0) is 24.3 Å². The maximum Gasteiger partial charge on any atom is 0.330 e. The van der Waals surface area contributed by atoms with Gasteiger partial charge in [-0.1, -0.05) is 30.3 Å². The molecule has 0 N–H and O–H groups in total. The Morgan fingerprint density at radius 3 is 2.24 bits per heavy atom. The topological polar surface area (TPSA) is 63.7 Å². The van der Waals surface area contributed by atoms with Crippen LogP contribution < -0.4 is 0 Å². The average Bonchev–Trinajstić information content (AvgIpc) is 2.86. The molecule has 126 valence electrons. The summed E-state index contributed by atoms with van der Waals surface area (Å²) in [5.41, 5.74) is 0.955. The molecule has 5 nitrogen and oxygen atoms in total.